The molecule has 0 radical (unpaired) electrons. The first kappa shape index (κ1) is 32.6. The van der Waals surface area contributed by atoms with E-state index < -0.39 is 7.60 Å². The van der Waals surface area contributed by atoms with Crippen LogP contribution in [0, 0.1) is 0 Å². The molecule has 0 spiro atoms. The molecule has 32 heavy (non-hydrogen) atoms. The van der Waals surface area contributed by atoms with E-state index in [1.165, 1.54) is 128 Å². The van der Waals surface area contributed by atoms with E-state index in [1.54, 1.807) is 0 Å². The Balaban J connectivity index is 3.05. The maximum atomic E-state index is 10.8. The third-order valence-electron chi connectivity index (χ3n) is 6.34. The number of thiocarbonyl (C=S) groups is 1. The predicted octanol–water partition coefficient (Wildman–Crippen LogP) is 9.78. The quantitative estimate of drug-likeness (QED) is 0.0471. The van der Waals surface area contributed by atoms with Gasteiger partial charge in [0.1, 0.15) is 0 Å². The maximum Gasteiger partial charge on any atom is 0.325 e. The fourth-order valence-corrected chi connectivity index (χ4v) is 5.24. The van der Waals surface area contributed by atoms with Gasteiger partial charge in [-0.3, -0.25) is 4.57 Å². The van der Waals surface area contributed by atoms with Crippen molar-refractivity contribution >= 4 is 36.6 Å². The van der Waals surface area contributed by atoms with Crippen molar-refractivity contribution in [2.24, 2.45) is 0 Å². The van der Waals surface area contributed by atoms with Gasteiger partial charge in [0.2, 0.25) is 0 Å². The van der Waals surface area contributed by atoms with Crippen LogP contribution in [-0.4, -0.2) is 20.1 Å². The largest absolute Gasteiger partial charge is 0.325 e. The van der Waals surface area contributed by atoms with Crippen LogP contribution in [0.2, 0.25) is 0 Å². The van der Waals surface area contributed by atoms with E-state index in [0.29, 0.717) is 6.42 Å². The molecule has 3 nitrogen and oxygen atoms in total. The zero-order valence-electron chi connectivity index (χ0n) is 20.8. The van der Waals surface area contributed by atoms with Gasteiger partial charge in [-0.15, -0.1) is 12.6 Å². The Bertz CT molecular complexity index is 454. The Morgan fingerprint density at radius 2 is 0.719 bits per heavy atom. The van der Waals surface area contributed by atoms with Crippen molar-refractivity contribution in [1.82, 2.24) is 0 Å². The average Bonchev–Trinajstić information content (AvgIpc) is 2.72. The first-order chi connectivity index (χ1) is 15.4. The van der Waals surface area contributed by atoms with Crippen LogP contribution in [0.1, 0.15) is 154 Å². The van der Waals surface area contributed by atoms with Crippen LogP contribution in [0.5, 0.6) is 0 Å². The van der Waals surface area contributed by atoms with Crippen LogP contribution < -0.4 is 0 Å². The van der Waals surface area contributed by atoms with Crippen molar-refractivity contribution in [3.8, 4) is 0 Å². The lowest BCUT2D eigenvalue weighted by Gasteiger charge is -2.05. The normalized spacial score (nSPS) is 11.8. The van der Waals surface area contributed by atoms with Crippen molar-refractivity contribution in [1.29, 1.82) is 0 Å². The molecule has 0 aliphatic heterocycles. The fourth-order valence-electron chi connectivity index (χ4n) is 4.31. The molecule has 6 heteroatoms. The van der Waals surface area contributed by atoms with Crippen LogP contribution in [0.4, 0.5) is 0 Å². The second-order valence-electron chi connectivity index (χ2n) is 9.66. The molecule has 0 bridgehead atoms. The van der Waals surface area contributed by atoms with Gasteiger partial charge in [0.15, 0.2) is 0 Å². The summed E-state index contributed by atoms with van der Waals surface area (Å²) < 4.78 is 11.6. The molecule has 0 aromatic carbocycles. The van der Waals surface area contributed by atoms with Crippen LogP contribution in [0.25, 0.3) is 0 Å². The standard InChI is InChI=1S/C26H53O3PS2/c27-30(28,29)25-23-21-19-17-15-13-11-9-7-5-3-1-2-4-6-8-10-12-14-16-18-20-22-24-26(31)32/h1-25H2,(H,31,32)(H2,27,28,29). The molecule has 0 rings (SSSR count). The summed E-state index contributed by atoms with van der Waals surface area (Å²) in [5, 5.41) is 0. The zero-order valence-corrected chi connectivity index (χ0v) is 23.4. The Morgan fingerprint density at radius 1 is 0.500 bits per heavy atom. The van der Waals surface area contributed by atoms with E-state index in [-0.39, 0.29) is 6.16 Å². The second kappa shape index (κ2) is 24.7. The van der Waals surface area contributed by atoms with Crippen LogP contribution in [0.3, 0.4) is 0 Å². The smallest absolute Gasteiger partial charge is 0.324 e. The molecule has 0 atom stereocenters. The van der Waals surface area contributed by atoms with Gasteiger partial charge in [-0.1, -0.05) is 147 Å². The lowest BCUT2D eigenvalue weighted by Crippen LogP contribution is -1.88. The molecular weight excluding hydrogens is 455 g/mol. The van der Waals surface area contributed by atoms with Crippen molar-refractivity contribution in [3.05, 3.63) is 0 Å². The minimum absolute atomic E-state index is 0.0569. The molecule has 2 N–H and O–H groups in total. The van der Waals surface area contributed by atoms with E-state index in [1.807, 2.05) is 0 Å². The van der Waals surface area contributed by atoms with Gasteiger partial charge in [-0.25, -0.2) is 0 Å². The first-order valence-corrected chi connectivity index (χ1v) is 16.3. The Labute approximate surface area is 210 Å². The van der Waals surface area contributed by atoms with Gasteiger partial charge >= 0.3 is 7.60 Å². The summed E-state index contributed by atoms with van der Waals surface area (Å²) in [6, 6.07) is 0. The zero-order chi connectivity index (χ0) is 23.8. The molecule has 0 amide bonds. The van der Waals surface area contributed by atoms with Crippen molar-refractivity contribution in [3.63, 3.8) is 0 Å². The Morgan fingerprint density at radius 3 is 0.938 bits per heavy atom. The summed E-state index contributed by atoms with van der Waals surface area (Å²) in [5.41, 5.74) is 0. The van der Waals surface area contributed by atoms with Crippen molar-refractivity contribution < 1.29 is 14.4 Å². The minimum Gasteiger partial charge on any atom is -0.324 e. The van der Waals surface area contributed by atoms with E-state index in [4.69, 9.17) is 22.0 Å². The van der Waals surface area contributed by atoms with E-state index in [2.05, 4.69) is 12.6 Å². The van der Waals surface area contributed by atoms with Gasteiger partial charge < -0.3 is 9.79 Å². The van der Waals surface area contributed by atoms with Crippen LogP contribution in [0.15, 0.2) is 0 Å². The second-order valence-corrected chi connectivity index (χ2v) is 12.8. The summed E-state index contributed by atoms with van der Waals surface area (Å²) >= 11 is 9.16. The fraction of sp³-hybridized carbons (Fsp3) is 0.962. The Hall–Kier alpha value is 0.590. The molecule has 0 fully saturated rings. The van der Waals surface area contributed by atoms with E-state index in [9.17, 15) is 4.57 Å². The summed E-state index contributed by atoms with van der Waals surface area (Å²) in [5.74, 6) is 0. The Kier molecular flexibility index (Phi) is 25.2. The van der Waals surface area contributed by atoms with Gasteiger partial charge in [0.05, 0.1) is 0 Å². The molecule has 0 heterocycles. The summed E-state index contributed by atoms with van der Waals surface area (Å²) in [7, 11) is -3.77. The van der Waals surface area contributed by atoms with E-state index in [0.717, 1.165) is 23.5 Å². The number of rotatable bonds is 26. The van der Waals surface area contributed by atoms with Gasteiger partial charge in [0.25, 0.3) is 0 Å². The molecule has 192 valence electrons. The predicted molar refractivity (Wildman–Crippen MR) is 149 cm³/mol. The van der Waals surface area contributed by atoms with Crippen LogP contribution >= 0.6 is 32.4 Å². The summed E-state index contributed by atoms with van der Waals surface area (Å²) in [4.78, 5) is 17.6. The first-order valence-electron chi connectivity index (χ1n) is 13.7. The number of hydrogen-bond donors (Lipinski definition) is 3. The summed E-state index contributed by atoms with van der Waals surface area (Å²) in [6.45, 7) is 0. The van der Waals surface area contributed by atoms with Crippen LogP contribution in [-0.2, 0) is 4.57 Å². The average molecular weight is 509 g/mol. The number of unbranched alkanes of at least 4 members (excludes halogenated alkanes) is 22. The molecule has 0 saturated heterocycles. The third kappa shape index (κ3) is 30.6. The molecule has 0 saturated carbocycles. The summed E-state index contributed by atoms with van der Waals surface area (Å²) in [6.07, 6.45) is 31.2. The highest BCUT2D eigenvalue weighted by atomic mass is 32.1. The molecule has 0 aliphatic rings. The van der Waals surface area contributed by atoms with Crippen molar-refractivity contribution in [2.75, 3.05) is 6.16 Å². The lowest BCUT2D eigenvalue weighted by molar-refractivity contribution is 0.370. The monoisotopic (exact) mass is 508 g/mol. The molecule has 0 unspecified atom stereocenters. The number of hydrogen-bond acceptors (Lipinski definition) is 2. The highest BCUT2D eigenvalue weighted by Gasteiger charge is 2.10. The van der Waals surface area contributed by atoms with E-state index >= 15 is 0 Å². The molecule has 0 aliphatic carbocycles. The highest BCUT2D eigenvalue weighted by molar-refractivity contribution is 8.11. The SMILES string of the molecule is O=P(O)(O)CCCCCCCCCCCCCCCCCCCCCCCCCC(=S)S. The maximum absolute atomic E-state index is 10.8. The topological polar surface area (TPSA) is 57.5 Å². The highest BCUT2D eigenvalue weighted by Crippen LogP contribution is 2.35. The minimum atomic E-state index is -3.77. The third-order valence-corrected chi connectivity index (χ3v) is 7.67. The molecule has 0 aromatic heterocycles. The molecular formula is C26H53O3PS2. The van der Waals surface area contributed by atoms with Gasteiger partial charge in [-0.2, -0.15) is 0 Å². The van der Waals surface area contributed by atoms with Gasteiger partial charge in [-0.05, 0) is 19.3 Å². The van der Waals surface area contributed by atoms with Crippen molar-refractivity contribution in [2.45, 2.75) is 154 Å². The number of thiol groups is 1. The molecule has 0 aromatic rings. The van der Waals surface area contributed by atoms with Gasteiger partial charge in [0, 0.05) is 10.4 Å². The lowest BCUT2D eigenvalue weighted by atomic mass is 10.0.